The maximum Gasteiger partial charge on any atom is 0.303 e. The number of nitrogens with one attached hydrogen (secondary N) is 2. The number of carboxylic acids is 1. The molecule has 9 heteroatoms. The number of halogens is 1. The van der Waals surface area contributed by atoms with Gasteiger partial charge in [-0.1, -0.05) is 41.9 Å². The van der Waals surface area contributed by atoms with E-state index in [1.54, 1.807) is 24.3 Å². The molecule has 2 fully saturated rings. The third kappa shape index (κ3) is 3.09. The quantitative estimate of drug-likeness (QED) is 0.565. The molecule has 3 heterocycles. The van der Waals surface area contributed by atoms with Gasteiger partial charge >= 0.3 is 5.97 Å². The molecule has 34 heavy (non-hydrogen) atoms. The molecular formula is C25H24ClN3O5. The monoisotopic (exact) mass is 481 g/mol. The molecule has 3 amide bonds. The molecular weight excluding hydrogens is 458 g/mol. The molecule has 0 radical (unpaired) electrons. The number of hydrogen-bond donors (Lipinski definition) is 3. The van der Waals surface area contributed by atoms with Crippen molar-refractivity contribution >= 4 is 41.0 Å². The average Bonchev–Trinajstić information content (AvgIpc) is 3.37. The van der Waals surface area contributed by atoms with Crippen LogP contribution in [0.25, 0.3) is 0 Å². The van der Waals surface area contributed by atoms with Crippen LogP contribution in [0.15, 0.2) is 36.4 Å². The normalized spacial score (nSPS) is 27.3. The lowest BCUT2D eigenvalue weighted by molar-refractivity contribution is -0.144. The summed E-state index contributed by atoms with van der Waals surface area (Å²) < 4.78 is 0. The van der Waals surface area contributed by atoms with Crippen molar-refractivity contribution in [2.75, 3.05) is 5.32 Å². The Kier molecular flexibility index (Phi) is 5.26. The summed E-state index contributed by atoms with van der Waals surface area (Å²) in [4.78, 5) is 53.4. The van der Waals surface area contributed by atoms with Crippen LogP contribution in [-0.4, -0.2) is 39.7 Å². The summed E-state index contributed by atoms with van der Waals surface area (Å²) in [5.41, 5.74) is 2.32. The summed E-state index contributed by atoms with van der Waals surface area (Å²) in [5, 5.41) is 15.9. The number of carboxylic acid groups (broad SMARTS) is 1. The lowest BCUT2D eigenvalue weighted by atomic mass is 9.76. The molecule has 2 aromatic rings. The van der Waals surface area contributed by atoms with Crippen LogP contribution >= 0.6 is 11.6 Å². The number of aliphatic carboxylic acids is 1. The van der Waals surface area contributed by atoms with Crippen molar-refractivity contribution in [2.24, 2.45) is 11.8 Å². The van der Waals surface area contributed by atoms with Gasteiger partial charge in [0.15, 0.2) is 0 Å². The number of imide groups is 1. The van der Waals surface area contributed by atoms with Gasteiger partial charge in [0.2, 0.25) is 17.7 Å². The molecule has 0 saturated carbocycles. The number of amides is 3. The van der Waals surface area contributed by atoms with Gasteiger partial charge in [0.1, 0.15) is 5.54 Å². The van der Waals surface area contributed by atoms with Crippen LogP contribution in [0.1, 0.15) is 35.1 Å². The summed E-state index contributed by atoms with van der Waals surface area (Å²) in [6.07, 6.45) is -0.0744. The van der Waals surface area contributed by atoms with Crippen molar-refractivity contribution in [3.8, 4) is 0 Å². The summed E-state index contributed by atoms with van der Waals surface area (Å²) in [6, 6.07) is 10.0. The highest BCUT2D eigenvalue weighted by molar-refractivity contribution is 6.31. The Balaban J connectivity index is 1.61. The van der Waals surface area contributed by atoms with E-state index in [9.17, 15) is 24.3 Å². The first kappa shape index (κ1) is 22.6. The van der Waals surface area contributed by atoms with Crippen LogP contribution in [0.3, 0.4) is 0 Å². The molecule has 0 aromatic heterocycles. The number of likely N-dealkylation sites (tertiary alicyclic amines) is 1. The fourth-order valence-corrected chi connectivity index (χ4v) is 5.85. The first-order chi connectivity index (χ1) is 16.2. The lowest BCUT2D eigenvalue weighted by Crippen LogP contribution is -2.53. The number of anilines is 1. The summed E-state index contributed by atoms with van der Waals surface area (Å²) in [7, 11) is 0. The number of fused-ring (bicyclic) bond motifs is 4. The number of hydrogen-bond acceptors (Lipinski definition) is 5. The van der Waals surface area contributed by atoms with Crippen molar-refractivity contribution in [1.29, 1.82) is 0 Å². The molecule has 2 aromatic carbocycles. The Morgan fingerprint density at radius 3 is 2.56 bits per heavy atom. The Morgan fingerprint density at radius 2 is 1.85 bits per heavy atom. The van der Waals surface area contributed by atoms with E-state index in [0.29, 0.717) is 21.8 Å². The topological polar surface area (TPSA) is 116 Å². The fourth-order valence-electron chi connectivity index (χ4n) is 5.66. The van der Waals surface area contributed by atoms with Gasteiger partial charge in [0, 0.05) is 28.7 Å². The van der Waals surface area contributed by atoms with Crippen LogP contribution in [0.4, 0.5) is 5.69 Å². The zero-order valence-corrected chi connectivity index (χ0v) is 19.5. The average molecular weight is 482 g/mol. The van der Waals surface area contributed by atoms with E-state index in [-0.39, 0.29) is 19.4 Å². The summed E-state index contributed by atoms with van der Waals surface area (Å²) in [5.74, 6) is -4.12. The largest absolute Gasteiger partial charge is 0.481 e. The maximum atomic E-state index is 13.8. The second-order valence-electron chi connectivity index (χ2n) is 9.23. The van der Waals surface area contributed by atoms with E-state index in [1.165, 1.54) is 4.90 Å². The molecule has 176 valence electrons. The number of rotatable bonds is 5. The molecule has 3 aliphatic rings. The maximum absolute atomic E-state index is 13.8. The second-order valence-corrected chi connectivity index (χ2v) is 9.64. The molecule has 5 rings (SSSR count). The zero-order valence-electron chi connectivity index (χ0n) is 18.7. The predicted octanol–water partition coefficient (Wildman–Crippen LogP) is 2.74. The third-order valence-corrected chi connectivity index (χ3v) is 7.84. The van der Waals surface area contributed by atoms with E-state index >= 15 is 0 Å². The second kappa shape index (κ2) is 7.92. The number of carbonyl (C=O) groups is 4. The van der Waals surface area contributed by atoms with Crippen molar-refractivity contribution in [3.63, 3.8) is 0 Å². The minimum absolute atomic E-state index is 0.00648. The minimum atomic E-state index is -1.44. The molecule has 0 unspecified atom stereocenters. The Morgan fingerprint density at radius 1 is 1.12 bits per heavy atom. The first-order valence-electron chi connectivity index (χ1n) is 11.2. The molecule has 2 saturated heterocycles. The molecule has 1 spiro atoms. The van der Waals surface area contributed by atoms with Crippen molar-refractivity contribution < 1.29 is 24.3 Å². The van der Waals surface area contributed by atoms with E-state index in [1.807, 2.05) is 26.0 Å². The Labute approximate surface area is 201 Å². The number of nitrogens with zero attached hydrogens (tertiary/aromatic N) is 1. The van der Waals surface area contributed by atoms with E-state index < -0.39 is 47.1 Å². The molecule has 3 N–H and O–H groups in total. The van der Waals surface area contributed by atoms with Gasteiger partial charge in [0.05, 0.1) is 18.4 Å². The first-order valence-corrected chi connectivity index (χ1v) is 11.5. The minimum Gasteiger partial charge on any atom is -0.481 e. The predicted molar refractivity (Wildman–Crippen MR) is 124 cm³/mol. The van der Waals surface area contributed by atoms with E-state index in [0.717, 1.165) is 11.1 Å². The molecule has 0 bridgehead atoms. The zero-order chi connectivity index (χ0) is 24.4. The van der Waals surface area contributed by atoms with Gasteiger partial charge in [-0.15, -0.1) is 0 Å². The molecule has 4 atom stereocenters. The highest BCUT2D eigenvalue weighted by Crippen LogP contribution is 2.54. The van der Waals surface area contributed by atoms with E-state index in [2.05, 4.69) is 10.6 Å². The van der Waals surface area contributed by atoms with Gasteiger partial charge in [0.25, 0.3) is 0 Å². The van der Waals surface area contributed by atoms with Crippen LogP contribution in [0.2, 0.25) is 5.02 Å². The number of carbonyl (C=O) groups excluding carboxylic acids is 3. The van der Waals surface area contributed by atoms with Gasteiger partial charge in [-0.05, 0) is 43.0 Å². The van der Waals surface area contributed by atoms with E-state index in [4.69, 9.17) is 11.6 Å². The van der Waals surface area contributed by atoms with Crippen molar-refractivity contribution in [3.05, 3.63) is 63.7 Å². The third-order valence-electron chi connectivity index (χ3n) is 7.47. The highest BCUT2D eigenvalue weighted by Gasteiger charge is 2.70. The molecule has 3 aliphatic heterocycles. The number of aryl methyl sites for hydroxylation is 1. The lowest BCUT2D eigenvalue weighted by Gasteiger charge is -2.29. The molecule has 0 aliphatic carbocycles. The van der Waals surface area contributed by atoms with Crippen LogP contribution in [-0.2, 0) is 31.3 Å². The Hall–Kier alpha value is -3.23. The van der Waals surface area contributed by atoms with Crippen LogP contribution in [0.5, 0.6) is 0 Å². The van der Waals surface area contributed by atoms with Crippen LogP contribution in [0, 0.1) is 25.7 Å². The Bertz CT molecular complexity index is 1260. The summed E-state index contributed by atoms with van der Waals surface area (Å²) >= 11 is 6.28. The van der Waals surface area contributed by atoms with Gasteiger partial charge < -0.3 is 10.4 Å². The van der Waals surface area contributed by atoms with Crippen molar-refractivity contribution in [2.45, 2.75) is 44.8 Å². The summed E-state index contributed by atoms with van der Waals surface area (Å²) in [6.45, 7) is 3.82. The van der Waals surface area contributed by atoms with Crippen LogP contribution < -0.4 is 10.6 Å². The van der Waals surface area contributed by atoms with Gasteiger partial charge in [-0.2, -0.15) is 0 Å². The number of benzene rings is 2. The SMILES string of the molecule is Cc1ccc2c(c1C)NC(=O)[C@]21N[C@@H](CCC(=O)O)[C@H]2C(=O)N(Cc3ccccc3Cl)C(=O)[C@@H]21. The standard InChI is InChI=1S/C25H24ClN3O5/c1-12-7-8-15-21(13(12)2)27-24(34)25(15)20-19(17(28-25)9-10-18(30)31)22(32)29(23(20)33)11-14-5-3-4-6-16(14)26/h3-8,17,19-20,28H,9-11H2,1-2H3,(H,27,34)(H,30,31)/t17-,19+,20+,25-/m0/s1. The fraction of sp³-hybridized carbons (Fsp3) is 0.360. The highest BCUT2D eigenvalue weighted by atomic mass is 35.5. The smallest absolute Gasteiger partial charge is 0.303 e. The van der Waals surface area contributed by atoms with Gasteiger partial charge in [-0.3, -0.25) is 29.4 Å². The molecule has 8 nitrogen and oxygen atoms in total. The van der Waals surface area contributed by atoms with Gasteiger partial charge in [-0.25, -0.2) is 0 Å². The van der Waals surface area contributed by atoms with Crippen molar-refractivity contribution in [1.82, 2.24) is 10.2 Å².